The number of nitrogens with zero attached hydrogens (tertiary/aromatic N) is 2. The molecule has 0 amide bonds. The molecular formula is C13H18N2O3. The van der Waals surface area contributed by atoms with Crippen molar-refractivity contribution in [3.8, 4) is 5.75 Å². The van der Waals surface area contributed by atoms with Crippen LogP contribution in [-0.2, 0) is 12.0 Å². The van der Waals surface area contributed by atoms with Gasteiger partial charge in [0, 0.05) is 17.6 Å². The molecule has 0 radical (unpaired) electrons. The molecule has 0 atom stereocenters. The molecule has 0 saturated carbocycles. The molecule has 1 aromatic rings. The van der Waals surface area contributed by atoms with Crippen molar-refractivity contribution in [1.29, 1.82) is 0 Å². The predicted molar refractivity (Wildman–Crippen MR) is 69.0 cm³/mol. The Labute approximate surface area is 107 Å². The first kappa shape index (κ1) is 12.8. The van der Waals surface area contributed by atoms with E-state index in [0.29, 0.717) is 12.2 Å². The Morgan fingerprint density at radius 3 is 2.67 bits per heavy atom. The molecule has 0 aliphatic carbocycles. The van der Waals surface area contributed by atoms with Crippen LogP contribution in [0.4, 0.5) is 5.69 Å². The van der Waals surface area contributed by atoms with E-state index in [1.165, 1.54) is 7.11 Å². The van der Waals surface area contributed by atoms with Gasteiger partial charge in [0.15, 0.2) is 5.75 Å². The zero-order valence-corrected chi connectivity index (χ0v) is 11.2. The number of rotatable bonds is 2. The smallest absolute Gasteiger partial charge is 0.314 e. The van der Waals surface area contributed by atoms with Gasteiger partial charge in [0.1, 0.15) is 0 Å². The number of likely N-dealkylation sites (N-methyl/N-ethyl adjacent to an activating group) is 1. The lowest BCUT2D eigenvalue weighted by atomic mass is 9.83. The standard InChI is InChI=1S/C13H18N2O3/c1-13(2)10-5-6-11(18-4)12(15(16)17)9(10)7-8-14(13)3/h5-6H,7-8H2,1-4H3. The molecule has 1 aliphatic heterocycles. The average Bonchev–Trinajstić information content (AvgIpc) is 2.32. The van der Waals surface area contributed by atoms with Crippen molar-refractivity contribution in [2.24, 2.45) is 0 Å². The highest BCUT2D eigenvalue weighted by Crippen LogP contribution is 2.42. The Morgan fingerprint density at radius 2 is 2.11 bits per heavy atom. The van der Waals surface area contributed by atoms with Crippen LogP contribution in [0, 0.1) is 10.1 Å². The third-order valence-electron chi connectivity index (χ3n) is 3.96. The molecule has 98 valence electrons. The molecule has 0 spiro atoms. The maximum Gasteiger partial charge on any atom is 0.314 e. The van der Waals surface area contributed by atoms with Gasteiger partial charge in [0.05, 0.1) is 12.0 Å². The number of fused-ring (bicyclic) bond motifs is 1. The van der Waals surface area contributed by atoms with Gasteiger partial charge >= 0.3 is 5.69 Å². The average molecular weight is 250 g/mol. The molecule has 1 heterocycles. The number of ether oxygens (including phenoxy) is 1. The molecule has 5 nitrogen and oxygen atoms in total. The molecule has 2 rings (SSSR count). The third-order valence-corrected chi connectivity index (χ3v) is 3.96. The summed E-state index contributed by atoms with van der Waals surface area (Å²) in [4.78, 5) is 13.1. The van der Waals surface area contributed by atoms with Crippen LogP contribution in [0.5, 0.6) is 5.75 Å². The van der Waals surface area contributed by atoms with Crippen molar-refractivity contribution >= 4 is 5.69 Å². The second-order valence-electron chi connectivity index (χ2n) is 5.13. The Hall–Kier alpha value is -1.62. The molecule has 5 heteroatoms. The summed E-state index contributed by atoms with van der Waals surface area (Å²) in [7, 11) is 3.51. The van der Waals surface area contributed by atoms with Crippen molar-refractivity contribution in [3.05, 3.63) is 33.4 Å². The normalized spacial score (nSPS) is 18.2. The zero-order chi connectivity index (χ0) is 13.5. The highest BCUT2D eigenvalue weighted by Gasteiger charge is 2.37. The minimum Gasteiger partial charge on any atom is -0.490 e. The molecule has 18 heavy (non-hydrogen) atoms. The predicted octanol–water partition coefficient (Wildman–Crippen LogP) is 2.33. The first-order valence-electron chi connectivity index (χ1n) is 5.95. The monoisotopic (exact) mass is 250 g/mol. The molecule has 0 N–H and O–H groups in total. The third kappa shape index (κ3) is 1.75. The van der Waals surface area contributed by atoms with Crippen LogP contribution in [0.1, 0.15) is 25.0 Å². The lowest BCUT2D eigenvalue weighted by molar-refractivity contribution is -0.386. The van der Waals surface area contributed by atoms with Crippen LogP contribution in [0.25, 0.3) is 0 Å². The van der Waals surface area contributed by atoms with E-state index in [9.17, 15) is 10.1 Å². The van der Waals surface area contributed by atoms with Crippen LogP contribution in [0.2, 0.25) is 0 Å². The fourth-order valence-electron chi connectivity index (χ4n) is 2.57. The summed E-state index contributed by atoms with van der Waals surface area (Å²) in [5, 5.41) is 11.3. The number of hydrogen-bond donors (Lipinski definition) is 0. The number of nitro benzene ring substituents is 1. The highest BCUT2D eigenvalue weighted by molar-refractivity contribution is 5.58. The van der Waals surface area contributed by atoms with Gasteiger partial charge in [0.25, 0.3) is 0 Å². The van der Waals surface area contributed by atoms with Crippen molar-refractivity contribution in [3.63, 3.8) is 0 Å². The molecular weight excluding hydrogens is 232 g/mol. The van der Waals surface area contributed by atoms with E-state index in [1.54, 1.807) is 6.07 Å². The van der Waals surface area contributed by atoms with Gasteiger partial charge in [-0.1, -0.05) is 6.07 Å². The van der Waals surface area contributed by atoms with Crippen LogP contribution in [0.15, 0.2) is 12.1 Å². The fourth-order valence-corrected chi connectivity index (χ4v) is 2.57. The van der Waals surface area contributed by atoms with Gasteiger partial charge in [-0.25, -0.2) is 0 Å². The fraction of sp³-hybridized carbons (Fsp3) is 0.538. The van der Waals surface area contributed by atoms with Crippen LogP contribution in [0.3, 0.4) is 0 Å². The second kappa shape index (κ2) is 4.24. The van der Waals surface area contributed by atoms with E-state index in [-0.39, 0.29) is 16.1 Å². The maximum absolute atomic E-state index is 11.3. The van der Waals surface area contributed by atoms with E-state index in [1.807, 2.05) is 13.1 Å². The number of nitro groups is 1. The Bertz CT molecular complexity index is 497. The molecule has 0 unspecified atom stereocenters. The van der Waals surface area contributed by atoms with Gasteiger partial charge < -0.3 is 4.74 Å². The van der Waals surface area contributed by atoms with Crippen molar-refractivity contribution in [1.82, 2.24) is 4.90 Å². The van der Waals surface area contributed by atoms with Crippen LogP contribution in [-0.4, -0.2) is 30.5 Å². The highest BCUT2D eigenvalue weighted by atomic mass is 16.6. The van der Waals surface area contributed by atoms with E-state index in [4.69, 9.17) is 4.74 Å². The molecule has 1 aromatic carbocycles. The van der Waals surface area contributed by atoms with Gasteiger partial charge in [-0.15, -0.1) is 0 Å². The van der Waals surface area contributed by atoms with Crippen LogP contribution >= 0.6 is 0 Å². The van der Waals surface area contributed by atoms with Gasteiger partial charge in [0.2, 0.25) is 0 Å². The largest absolute Gasteiger partial charge is 0.490 e. The van der Waals surface area contributed by atoms with Crippen molar-refractivity contribution < 1.29 is 9.66 Å². The number of methoxy groups -OCH3 is 1. The Balaban J connectivity index is 2.69. The SMILES string of the molecule is COc1ccc2c(c1[N+](=O)[O-])CCN(C)C2(C)C. The first-order valence-corrected chi connectivity index (χ1v) is 5.95. The molecule has 0 aromatic heterocycles. The first-order chi connectivity index (χ1) is 8.39. The summed E-state index contributed by atoms with van der Waals surface area (Å²) in [5.74, 6) is 0.346. The summed E-state index contributed by atoms with van der Waals surface area (Å²) in [6, 6.07) is 3.63. The van der Waals surface area contributed by atoms with Crippen molar-refractivity contribution in [2.75, 3.05) is 20.7 Å². The number of hydrogen-bond acceptors (Lipinski definition) is 4. The topological polar surface area (TPSA) is 55.6 Å². The van der Waals surface area contributed by atoms with E-state index in [0.717, 1.165) is 17.7 Å². The molecule has 1 aliphatic rings. The Morgan fingerprint density at radius 1 is 1.44 bits per heavy atom. The van der Waals surface area contributed by atoms with E-state index < -0.39 is 0 Å². The number of benzene rings is 1. The quantitative estimate of drug-likeness (QED) is 0.597. The molecule has 0 bridgehead atoms. The van der Waals surface area contributed by atoms with Crippen molar-refractivity contribution in [2.45, 2.75) is 25.8 Å². The zero-order valence-electron chi connectivity index (χ0n) is 11.2. The summed E-state index contributed by atoms with van der Waals surface area (Å²) in [6.07, 6.45) is 0.683. The van der Waals surface area contributed by atoms with Crippen LogP contribution < -0.4 is 4.74 Å². The Kier molecular flexibility index (Phi) is 3.02. The lowest BCUT2D eigenvalue weighted by Crippen LogP contribution is -2.44. The minimum absolute atomic E-state index is 0.121. The molecule has 0 fully saturated rings. The van der Waals surface area contributed by atoms with E-state index >= 15 is 0 Å². The minimum atomic E-state index is -0.334. The maximum atomic E-state index is 11.3. The lowest BCUT2D eigenvalue weighted by Gasteiger charge is -2.41. The summed E-state index contributed by atoms with van der Waals surface area (Å²) in [5.41, 5.74) is 1.76. The summed E-state index contributed by atoms with van der Waals surface area (Å²) in [6.45, 7) is 4.98. The van der Waals surface area contributed by atoms with E-state index in [2.05, 4.69) is 18.7 Å². The van der Waals surface area contributed by atoms with Gasteiger partial charge in [-0.2, -0.15) is 0 Å². The summed E-state index contributed by atoms with van der Waals surface area (Å²) < 4.78 is 5.11. The second-order valence-corrected chi connectivity index (χ2v) is 5.13. The van der Waals surface area contributed by atoms with Gasteiger partial charge in [-0.05, 0) is 38.9 Å². The summed E-state index contributed by atoms with van der Waals surface area (Å²) >= 11 is 0. The molecule has 0 saturated heterocycles. The van der Waals surface area contributed by atoms with Gasteiger partial charge in [-0.3, -0.25) is 15.0 Å².